The van der Waals surface area contributed by atoms with Gasteiger partial charge in [0.2, 0.25) is 0 Å². The van der Waals surface area contributed by atoms with Crippen molar-refractivity contribution in [1.29, 1.82) is 0 Å². The standard InChI is InChI=1S/C8H16FN/c1-6(10-2)8(9)5-7-3-4-7/h6-8,10H,3-5H2,1-2H3. The zero-order valence-electron chi connectivity index (χ0n) is 6.73. The summed E-state index contributed by atoms with van der Waals surface area (Å²) in [6.45, 7) is 1.90. The van der Waals surface area contributed by atoms with Gasteiger partial charge in [-0.25, -0.2) is 4.39 Å². The van der Waals surface area contributed by atoms with E-state index in [1.165, 1.54) is 12.8 Å². The SMILES string of the molecule is CNC(C)C(F)CC1CC1. The summed E-state index contributed by atoms with van der Waals surface area (Å²) in [4.78, 5) is 0. The highest BCUT2D eigenvalue weighted by Gasteiger charge is 2.27. The van der Waals surface area contributed by atoms with E-state index in [9.17, 15) is 4.39 Å². The average molecular weight is 145 g/mol. The van der Waals surface area contributed by atoms with Crippen LogP contribution in [0.25, 0.3) is 0 Å². The molecule has 0 saturated heterocycles. The summed E-state index contributed by atoms with van der Waals surface area (Å²) >= 11 is 0. The van der Waals surface area contributed by atoms with E-state index in [0.717, 1.165) is 6.42 Å². The number of hydrogen-bond donors (Lipinski definition) is 1. The fourth-order valence-electron chi connectivity index (χ4n) is 1.06. The van der Waals surface area contributed by atoms with E-state index in [4.69, 9.17) is 0 Å². The Kier molecular flexibility index (Phi) is 2.66. The molecule has 0 aromatic carbocycles. The molecule has 0 radical (unpaired) electrons. The Bertz CT molecular complexity index is 101. The smallest absolute Gasteiger partial charge is 0.115 e. The molecule has 60 valence electrons. The van der Waals surface area contributed by atoms with Crippen molar-refractivity contribution in [1.82, 2.24) is 5.32 Å². The molecule has 2 unspecified atom stereocenters. The number of rotatable bonds is 4. The lowest BCUT2D eigenvalue weighted by molar-refractivity contribution is 0.244. The van der Waals surface area contributed by atoms with Crippen LogP contribution in [0.15, 0.2) is 0 Å². The van der Waals surface area contributed by atoms with Crippen LogP contribution < -0.4 is 5.32 Å². The molecule has 1 aliphatic carbocycles. The molecule has 0 aliphatic heterocycles. The minimum absolute atomic E-state index is 0.0283. The summed E-state index contributed by atoms with van der Waals surface area (Å²) in [5, 5.41) is 2.92. The second-order valence-corrected chi connectivity index (χ2v) is 3.27. The Balaban J connectivity index is 2.11. The van der Waals surface area contributed by atoms with E-state index in [2.05, 4.69) is 5.32 Å². The lowest BCUT2D eigenvalue weighted by Crippen LogP contribution is -2.32. The molecule has 1 fully saturated rings. The Hall–Kier alpha value is -0.110. The van der Waals surface area contributed by atoms with Gasteiger partial charge in [0, 0.05) is 6.04 Å². The number of halogens is 1. The van der Waals surface area contributed by atoms with Crippen LogP contribution in [-0.4, -0.2) is 19.3 Å². The molecule has 0 bridgehead atoms. The maximum atomic E-state index is 13.0. The molecule has 0 aromatic rings. The minimum Gasteiger partial charge on any atom is -0.314 e. The Morgan fingerprint density at radius 2 is 2.20 bits per heavy atom. The van der Waals surface area contributed by atoms with Crippen molar-refractivity contribution in [3.05, 3.63) is 0 Å². The first kappa shape index (κ1) is 7.99. The Morgan fingerprint density at radius 1 is 1.60 bits per heavy atom. The van der Waals surface area contributed by atoms with Crippen LogP contribution >= 0.6 is 0 Å². The highest BCUT2D eigenvalue weighted by Crippen LogP contribution is 2.34. The zero-order valence-corrected chi connectivity index (χ0v) is 6.73. The van der Waals surface area contributed by atoms with Crippen molar-refractivity contribution in [3.8, 4) is 0 Å². The predicted molar refractivity (Wildman–Crippen MR) is 40.8 cm³/mol. The summed E-state index contributed by atoms with van der Waals surface area (Å²) in [5.74, 6) is 0.700. The molecule has 0 heterocycles. The molecular formula is C8H16FN. The predicted octanol–water partition coefficient (Wildman–Crippen LogP) is 1.73. The molecule has 10 heavy (non-hydrogen) atoms. The normalized spacial score (nSPS) is 24.3. The Labute approximate surface area is 62.0 Å². The van der Waals surface area contributed by atoms with Crippen molar-refractivity contribution in [2.45, 2.75) is 38.4 Å². The second kappa shape index (κ2) is 3.33. The van der Waals surface area contributed by atoms with Crippen molar-refractivity contribution >= 4 is 0 Å². The van der Waals surface area contributed by atoms with Gasteiger partial charge in [0.15, 0.2) is 0 Å². The van der Waals surface area contributed by atoms with Gasteiger partial charge in [-0.15, -0.1) is 0 Å². The highest BCUT2D eigenvalue weighted by molar-refractivity contribution is 4.80. The first-order valence-corrected chi connectivity index (χ1v) is 4.05. The fourth-order valence-corrected chi connectivity index (χ4v) is 1.06. The number of nitrogens with one attached hydrogen (secondary N) is 1. The van der Waals surface area contributed by atoms with Gasteiger partial charge in [-0.1, -0.05) is 12.8 Å². The first-order valence-electron chi connectivity index (χ1n) is 4.05. The van der Waals surface area contributed by atoms with E-state index in [1.54, 1.807) is 0 Å². The quantitative estimate of drug-likeness (QED) is 0.635. The van der Waals surface area contributed by atoms with Crippen molar-refractivity contribution in [2.75, 3.05) is 7.05 Å². The van der Waals surface area contributed by atoms with Gasteiger partial charge in [0.05, 0.1) is 0 Å². The monoisotopic (exact) mass is 145 g/mol. The first-order chi connectivity index (χ1) is 4.74. The van der Waals surface area contributed by atoms with Crippen LogP contribution in [0.1, 0.15) is 26.2 Å². The molecule has 0 amide bonds. The molecule has 2 atom stereocenters. The molecule has 1 N–H and O–H groups in total. The van der Waals surface area contributed by atoms with Crippen LogP contribution in [0, 0.1) is 5.92 Å². The molecule has 0 spiro atoms. The molecule has 2 heteroatoms. The third kappa shape index (κ3) is 2.25. The van der Waals surface area contributed by atoms with Gasteiger partial charge >= 0.3 is 0 Å². The summed E-state index contributed by atoms with van der Waals surface area (Å²) in [6, 6.07) is 0.0283. The van der Waals surface area contributed by atoms with E-state index in [-0.39, 0.29) is 6.04 Å². The summed E-state index contributed by atoms with van der Waals surface area (Å²) < 4.78 is 13.0. The molecule has 0 aromatic heterocycles. The van der Waals surface area contributed by atoms with Gasteiger partial charge in [0.1, 0.15) is 6.17 Å². The Morgan fingerprint density at radius 3 is 2.60 bits per heavy atom. The van der Waals surface area contributed by atoms with Crippen LogP contribution in [0.3, 0.4) is 0 Å². The van der Waals surface area contributed by atoms with Crippen LogP contribution in [-0.2, 0) is 0 Å². The van der Waals surface area contributed by atoms with Crippen LogP contribution in [0.2, 0.25) is 0 Å². The third-order valence-electron chi connectivity index (χ3n) is 2.25. The highest BCUT2D eigenvalue weighted by atomic mass is 19.1. The summed E-state index contributed by atoms with van der Waals surface area (Å²) in [6.07, 6.45) is 2.62. The van der Waals surface area contributed by atoms with Gasteiger partial charge < -0.3 is 5.32 Å². The van der Waals surface area contributed by atoms with Crippen molar-refractivity contribution < 1.29 is 4.39 Å². The lowest BCUT2D eigenvalue weighted by atomic mass is 10.1. The maximum absolute atomic E-state index is 13.0. The fraction of sp³-hybridized carbons (Fsp3) is 1.00. The topological polar surface area (TPSA) is 12.0 Å². The van der Waals surface area contributed by atoms with E-state index >= 15 is 0 Å². The van der Waals surface area contributed by atoms with E-state index < -0.39 is 6.17 Å². The molecule has 1 saturated carbocycles. The van der Waals surface area contributed by atoms with Crippen LogP contribution in [0.5, 0.6) is 0 Å². The molecule has 1 aliphatic rings. The molecular weight excluding hydrogens is 129 g/mol. The van der Waals surface area contributed by atoms with Crippen molar-refractivity contribution in [2.24, 2.45) is 5.92 Å². The second-order valence-electron chi connectivity index (χ2n) is 3.27. The number of hydrogen-bond acceptors (Lipinski definition) is 1. The van der Waals surface area contributed by atoms with E-state index in [0.29, 0.717) is 5.92 Å². The van der Waals surface area contributed by atoms with Gasteiger partial charge in [0.25, 0.3) is 0 Å². The van der Waals surface area contributed by atoms with Gasteiger partial charge in [-0.05, 0) is 26.3 Å². The number of alkyl halides is 1. The largest absolute Gasteiger partial charge is 0.314 e. The van der Waals surface area contributed by atoms with Crippen molar-refractivity contribution in [3.63, 3.8) is 0 Å². The van der Waals surface area contributed by atoms with Gasteiger partial charge in [-0.2, -0.15) is 0 Å². The molecule has 1 nitrogen and oxygen atoms in total. The summed E-state index contributed by atoms with van der Waals surface area (Å²) in [5.41, 5.74) is 0. The zero-order chi connectivity index (χ0) is 7.56. The van der Waals surface area contributed by atoms with Crippen LogP contribution in [0.4, 0.5) is 4.39 Å². The summed E-state index contributed by atoms with van der Waals surface area (Å²) in [7, 11) is 1.81. The average Bonchev–Trinajstić information content (AvgIpc) is 2.70. The lowest BCUT2D eigenvalue weighted by Gasteiger charge is -2.14. The maximum Gasteiger partial charge on any atom is 0.115 e. The van der Waals surface area contributed by atoms with Gasteiger partial charge in [-0.3, -0.25) is 0 Å². The molecule has 1 rings (SSSR count). The minimum atomic E-state index is -0.641. The van der Waals surface area contributed by atoms with E-state index in [1.807, 2.05) is 14.0 Å². The third-order valence-corrected chi connectivity index (χ3v) is 2.25.